The van der Waals surface area contributed by atoms with Gasteiger partial charge in [0.2, 0.25) is 0 Å². The van der Waals surface area contributed by atoms with Crippen molar-refractivity contribution in [2.24, 2.45) is 11.1 Å². The molecular weight excluding hydrogens is 268 g/mol. The minimum Gasteiger partial charge on any atom is -0.379 e. The van der Waals surface area contributed by atoms with Gasteiger partial charge in [-0.1, -0.05) is 30.3 Å². The van der Waals surface area contributed by atoms with E-state index in [0.29, 0.717) is 18.7 Å². The van der Waals surface area contributed by atoms with Gasteiger partial charge in [0, 0.05) is 25.0 Å². The van der Waals surface area contributed by atoms with E-state index in [1.54, 1.807) is 24.3 Å². The SMILES string of the molecule is NC(=O)C(O)(CN1CCOCC2(CC2)C1)c1ccccc1. The first kappa shape index (κ1) is 14.5. The maximum Gasteiger partial charge on any atom is 0.255 e. The van der Waals surface area contributed by atoms with Crippen molar-refractivity contribution in [2.75, 3.05) is 32.8 Å². The van der Waals surface area contributed by atoms with E-state index in [0.717, 1.165) is 26.0 Å². The van der Waals surface area contributed by atoms with Crippen LogP contribution in [0.4, 0.5) is 0 Å². The van der Waals surface area contributed by atoms with Crippen LogP contribution < -0.4 is 5.73 Å². The molecule has 2 aliphatic rings. The molecule has 5 heteroatoms. The minimum absolute atomic E-state index is 0.220. The number of hydrogen-bond acceptors (Lipinski definition) is 4. The van der Waals surface area contributed by atoms with Crippen molar-refractivity contribution in [2.45, 2.75) is 18.4 Å². The van der Waals surface area contributed by atoms with Crippen molar-refractivity contribution in [3.05, 3.63) is 35.9 Å². The van der Waals surface area contributed by atoms with Gasteiger partial charge in [-0.3, -0.25) is 9.69 Å². The number of rotatable bonds is 4. The lowest BCUT2D eigenvalue weighted by Gasteiger charge is -2.32. The average Bonchev–Trinajstić information content (AvgIpc) is 3.27. The summed E-state index contributed by atoms with van der Waals surface area (Å²) in [6, 6.07) is 8.94. The first-order valence-corrected chi connectivity index (χ1v) is 7.42. The zero-order chi connectivity index (χ0) is 14.9. The Hall–Kier alpha value is -1.43. The number of ether oxygens (including phenoxy) is 1. The third-order valence-corrected chi connectivity index (χ3v) is 4.59. The summed E-state index contributed by atoms with van der Waals surface area (Å²) in [6.07, 6.45) is 2.31. The summed E-state index contributed by atoms with van der Waals surface area (Å²) in [5.74, 6) is -0.705. The van der Waals surface area contributed by atoms with Gasteiger partial charge in [-0.25, -0.2) is 0 Å². The molecule has 3 N–H and O–H groups in total. The molecule has 1 amide bonds. The lowest BCUT2D eigenvalue weighted by molar-refractivity contribution is -0.139. The fourth-order valence-corrected chi connectivity index (χ4v) is 3.04. The number of nitrogens with two attached hydrogens (primary N) is 1. The van der Waals surface area contributed by atoms with Crippen molar-refractivity contribution in [3.63, 3.8) is 0 Å². The highest BCUT2D eigenvalue weighted by Gasteiger charge is 2.47. The zero-order valence-electron chi connectivity index (χ0n) is 12.1. The van der Waals surface area contributed by atoms with Crippen molar-refractivity contribution in [1.82, 2.24) is 4.90 Å². The Kier molecular flexibility index (Phi) is 3.73. The molecule has 1 atom stereocenters. The number of carbonyl (C=O) groups is 1. The molecule has 1 unspecified atom stereocenters. The number of hydrogen-bond donors (Lipinski definition) is 2. The van der Waals surface area contributed by atoms with Crippen molar-refractivity contribution in [1.29, 1.82) is 0 Å². The molecule has 3 rings (SSSR count). The molecule has 1 heterocycles. The van der Waals surface area contributed by atoms with Crippen LogP contribution in [0.5, 0.6) is 0 Å². The number of primary amides is 1. The number of benzene rings is 1. The van der Waals surface area contributed by atoms with E-state index >= 15 is 0 Å². The molecule has 1 saturated carbocycles. The van der Waals surface area contributed by atoms with Crippen LogP contribution in [0, 0.1) is 5.41 Å². The van der Waals surface area contributed by atoms with Gasteiger partial charge in [-0.05, 0) is 18.4 Å². The van der Waals surface area contributed by atoms with Crippen LogP contribution in [0.25, 0.3) is 0 Å². The normalized spacial score (nSPS) is 24.2. The third-order valence-electron chi connectivity index (χ3n) is 4.59. The fraction of sp³-hybridized carbons (Fsp3) is 0.562. The fourth-order valence-electron chi connectivity index (χ4n) is 3.04. The molecule has 1 aromatic rings. The molecule has 1 aliphatic carbocycles. The Bertz CT molecular complexity index is 516. The smallest absolute Gasteiger partial charge is 0.255 e. The summed E-state index contributed by atoms with van der Waals surface area (Å²) < 4.78 is 5.64. The summed E-state index contributed by atoms with van der Waals surface area (Å²) in [4.78, 5) is 14.0. The third kappa shape index (κ3) is 2.95. The summed E-state index contributed by atoms with van der Waals surface area (Å²) in [7, 11) is 0. The predicted molar refractivity (Wildman–Crippen MR) is 78.5 cm³/mol. The standard InChI is InChI=1S/C16H22N2O3/c17-14(19)16(20,13-4-2-1-3-5-13)11-18-8-9-21-12-15(10-18)6-7-15/h1-5,20H,6-12H2,(H2,17,19). The van der Waals surface area contributed by atoms with Gasteiger partial charge in [-0.2, -0.15) is 0 Å². The van der Waals surface area contributed by atoms with Crippen LogP contribution >= 0.6 is 0 Å². The quantitative estimate of drug-likeness (QED) is 0.845. The van der Waals surface area contributed by atoms with E-state index in [-0.39, 0.29) is 12.0 Å². The molecule has 0 aromatic heterocycles. The van der Waals surface area contributed by atoms with Crippen LogP contribution in [0.1, 0.15) is 18.4 Å². The molecule has 1 spiro atoms. The van der Waals surface area contributed by atoms with E-state index < -0.39 is 11.5 Å². The molecule has 0 radical (unpaired) electrons. The maximum atomic E-state index is 11.9. The lowest BCUT2D eigenvalue weighted by atomic mass is 9.92. The summed E-state index contributed by atoms with van der Waals surface area (Å²) >= 11 is 0. The molecule has 1 aliphatic heterocycles. The molecule has 21 heavy (non-hydrogen) atoms. The van der Waals surface area contributed by atoms with Crippen LogP contribution in [-0.4, -0.2) is 48.8 Å². The molecule has 5 nitrogen and oxygen atoms in total. The lowest BCUT2D eigenvalue weighted by Crippen LogP contribution is -2.51. The number of amides is 1. The summed E-state index contributed by atoms with van der Waals surface area (Å²) in [5.41, 5.74) is 4.62. The molecule has 2 fully saturated rings. The van der Waals surface area contributed by atoms with Gasteiger partial charge in [0.15, 0.2) is 5.60 Å². The highest BCUT2D eigenvalue weighted by molar-refractivity contribution is 5.85. The van der Waals surface area contributed by atoms with Crippen LogP contribution in [0.3, 0.4) is 0 Å². The first-order chi connectivity index (χ1) is 10.0. The monoisotopic (exact) mass is 290 g/mol. The Balaban J connectivity index is 1.80. The topological polar surface area (TPSA) is 75.8 Å². The highest BCUT2D eigenvalue weighted by Crippen LogP contribution is 2.47. The van der Waals surface area contributed by atoms with Crippen molar-refractivity contribution in [3.8, 4) is 0 Å². The number of aliphatic hydroxyl groups is 1. The number of β-amino-alcohol motifs (C(OH)–C–C–N with tert-alkyl or cyclic N) is 1. The van der Waals surface area contributed by atoms with Crippen molar-refractivity contribution >= 4 is 5.91 Å². The van der Waals surface area contributed by atoms with E-state index in [4.69, 9.17) is 10.5 Å². The van der Waals surface area contributed by atoms with E-state index in [1.807, 2.05) is 6.07 Å². The molecular formula is C16H22N2O3. The van der Waals surface area contributed by atoms with Gasteiger partial charge in [0.05, 0.1) is 13.2 Å². The van der Waals surface area contributed by atoms with Crippen molar-refractivity contribution < 1.29 is 14.6 Å². The van der Waals surface area contributed by atoms with Crippen LogP contribution in [-0.2, 0) is 15.1 Å². The molecule has 1 saturated heterocycles. The number of nitrogens with zero attached hydrogens (tertiary/aromatic N) is 1. The van der Waals surface area contributed by atoms with Crippen LogP contribution in [0.15, 0.2) is 30.3 Å². The largest absolute Gasteiger partial charge is 0.379 e. The van der Waals surface area contributed by atoms with E-state index in [1.165, 1.54) is 0 Å². The molecule has 114 valence electrons. The highest BCUT2D eigenvalue weighted by atomic mass is 16.5. The Morgan fingerprint density at radius 3 is 2.71 bits per heavy atom. The van der Waals surface area contributed by atoms with Gasteiger partial charge in [-0.15, -0.1) is 0 Å². The first-order valence-electron chi connectivity index (χ1n) is 7.42. The molecule has 0 bridgehead atoms. The van der Waals surface area contributed by atoms with E-state index in [9.17, 15) is 9.90 Å². The number of carbonyl (C=O) groups excluding carboxylic acids is 1. The summed E-state index contributed by atoms with van der Waals surface area (Å²) in [6.45, 7) is 3.20. The summed E-state index contributed by atoms with van der Waals surface area (Å²) in [5, 5.41) is 10.8. The Morgan fingerprint density at radius 1 is 1.38 bits per heavy atom. The Labute approximate surface area is 124 Å². The Morgan fingerprint density at radius 2 is 2.10 bits per heavy atom. The van der Waals surface area contributed by atoms with Crippen LogP contribution in [0.2, 0.25) is 0 Å². The van der Waals surface area contributed by atoms with Gasteiger partial charge < -0.3 is 15.6 Å². The maximum absolute atomic E-state index is 11.9. The zero-order valence-corrected chi connectivity index (χ0v) is 12.1. The second kappa shape index (κ2) is 5.40. The van der Waals surface area contributed by atoms with Gasteiger partial charge in [0.25, 0.3) is 5.91 Å². The second-order valence-corrected chi connectivity index (χ2v) is 6.35. The second-order valence-electron chi connectivity index (χ2n) is 6.35. The van der Waals surface area contributed by atoms with Gasteiger partial charge in [0.1, 0.15) is 0 Å². The predicted octanol–water partition coefficient (Wildman–Crippen LogP) is 0.472. The minimum atomic E-state index is -1.65. The average molecular weight is 290 g/mol. The van der Waals surface area contributed by atoms with E-state index in [2.05, 4.69) is 4.90 Å². The van der Waals surface area contributed by atoms with Gasteiger partial charge >= 0.3 is 0 Å². The molecule has 1 aromatic carbocycles.